The zero-order valence-corrected chi connectivity index (χ0v) is 9.74. The van der Waals surface area contributed by atoms with Gasteiger partial charge in [0.25, 0.3) is 0 Å². The third-order valence-electron chi connectivity index (χ3n) is 3.34. The van der Waals surface area contributed by atoms with Gasteiger partial charge < -0.3 is 10.1 Å². The van der Waals surface area contributed by atoms with Crippen molar-refractivity contribution in [2.75, 3.05) is 59.0 Å². The van der Waals surface area contributed by atoms with E-state index in [9.17, 15) is 0 Å². The number of hydrogen-bond donors (Lipinski definition) is 1. The summed E-state index contributed by atoms with van der Waals surface area (Å²) in [6.45, 7) is 12.2. The van der Waals surface area contributed by atoms with Crippen LogP contribution in [0.25, 0.3) is 0 Å². The highest BCUT2D eigenvalue weighted by Gasteiger charge is 2.22. The number of nitrogens with zero attached hydrogens (tertiary/aromatic N) is 2. The lowest BCUT2D eigenvalue weighted by Gasteiger charge is -2.36. The van der Waals surface area contributed by atoms with Crippen LogP contribution in [0.1, 0.15) is 6.92 Å². The second-order valence-corrected chi connectivity index (χ2v) is 4.44. The van der Waals surface area contributed by atoms with E-state index in [-0.39, 0.29) is 0 Å². The van der Waals surface area contributed by atoms with Crippen LogP contribution in [0.15, 0.2) is 0 Å². The number of morpholine rings is 1. The Hall–Kier alpha value is -0.160. The molecule has 0 spiro atoms. The van der Waals surface area contributed by atoms with E-state index in [4.69, 9.17) is 4.74 Å². The largest absolute Gasteiger partial charge is 0.374 e. The third kappa shape index (κ3) is 3.41. The highest BCUT2D eigenvalue weighted by Crippen LogP contribution is 2.07. The van der Waals surface area contributed by atoms with Crippen LogP contribution in [-0.2, 0) is 4.74 Å². The van der Waals surface area contributed by atoms with Gasteiger partial charge >= 0.3 is 0 Å². The van der Waals surface area contributed by atoms with E-state index in [1.54, 1.807) is 0 Å². The molecular weight excluding hydrogens is 190 g/mol. The molecule has 2 saturated heterocycles. The monoisotopic (exact) mass is 213 g/mol. The Bertz CT molecular complexity index is 183. The summed E-state index contributed by atoms with van der Waals surface area (Å²) >= 11 is 0. The van der Waals surface area contributed by atoms with Crippen LogP contribution in [0.3, 0.4) is 0 Å². The highest BCUT2D eigenvalue weighted by atomic mass is 16.5. The maximum absolute atomic E-state index is 5.81. The molecule has 88 valence electrons. The molecule has 4 nitrogen and oxygen atoms in total. The lowest BCUT2D eigenvalue weighted by Crippen LogP contribution is -2.51. The molecule has 0 aromatic heterocycles. The summed E-state index contributed by atoms with van der Waals surface area (Å²) in [6, 6.07) is 0. The summed E-state index contributed by atoms with van der Waals surface area (Å²) in [7, 11) is 0. The van der Waals surface area contributed by atoms with Crippen LogP contribution in [0, 0.1) is 0 Å². The molecule has 2 aliphatic rings. The van der Waals surface area contributed by atoms with Crippen LogP contribution in [-0.4, -0.2) is 74.9 Å². The summed E-state index contributed by atoms with van der Waals surface area (Å²) < 4.78 is 5.81. The van der Waals surface area contributed by atoms with Crippen molar-refractivity contribution < 1.29 is 4.74 Å². The Morgan fingerprint density at radius 1 is 1.20 bits per heavy atom. The fourth-order valence-electron chi connectivity index (χ4n) is 2.36. The number of nitrogens with one attached hydrogen (secondary N) is 1. The van der Waals surface area contributed by atoms with Crippen molar-refractivity contribution >= 4 is 0 Å². The predicted octanol–water partition coefficient (Wildman–Crippen LogP) is -0.388. The molecule has 0 amide bonds. The number of piperazine rings is 1. The Labute approximate surface area is 92.6 Å². The van der Waals surface area contributed by atoms with E-state index in [2.05, 4.69) is 22.0 Å². The Kier molecular flexibility index (Phi) is 4.38. The lowest BCUT2D eigenvalue weighted by molar-refractivity contribution is -0.0428. The molecule has 1 N–H and O–H groups in total. The van der Waals surface area contributed by atoms with Crippen molar-refractivity contribution in [1.82, 2.24) is 15.1 Å². The van der Waals surface area contributed by atoms with Crippen LogP contribution in [0.4, 0.5) is 0 Å². The van der Waals surface area contributed by atoms with Gasteiger partial charge in [-0.25, -0.2) is 0 Å². The lowest BCUT2D eigenvalue weighted by atomic mass is 10.2. The third-order valence-corrected chi connectivity index (χ3v) is 3.34. The van der Waals surface area contributed by atoms with Gasteiger partial charge in [0.1, 0.15) is 0 Å². The Balaban J connectivity index is 1.72. The molecule has 1 atom stereocenters. The molecule has 2 fully saturated rings. The van der Waals surface area contributed by atoms with Gasteiger partial charge in [-0.1, -0.05) is 6.92 Å². The molecule has 0 aromatic rings. The van der Waals surface area contributed by atoms with Crippen LogP contribution in [0.2, 0.25) is 0 Å². The van der Waals surface area contributed by atoms with Crippen molar-refractivity contribution in [3.05, 3.63) is 0 Å². The molecule has 0 unspecified atom stereocenters. The molecule has 0 radical (unpaired) electrons. The summed E-state index contributed by atoms with van der Waals surface area (Å²) in [5, 5.41) is 3.38. The van der Waals surface area contributed by atoms with E-state index in [0.29, 0.717) is 6.10 Å². The first kappa shape index (κ1) is 11.3. The van der Waals surface area contributed by atoms with Crippen LogP contribution < -0.4 is 5.32 Å². The van der Waals surface area contributed by atoms with Crippen LogP contribution in [0.5, 0.6) is 0 Å². The molecule has 0 aromatic carbocycles. The Morgan fingerprint density at radius 3 is 2.73 bits per heavy atom. The summed E-state index contributed by atoms with van der Waals surface area (Å²) in [5.74, 6) is 0. The second-order valence-electron chi connectivity index (χ2n) is 4.44. The van der Waals surface area contributed by atoms with Gasteiger partial charge in [0.05, 0.1) is 12.7 Å². The van der Waals surface area contributed by atoms with Crippen molar-refractivity contribution in [2.24, 2.45) is 0 Å². The van der Waals surface area contributed by atoms with Crippen molar-refractivity contribution in [2.45, 2.75) is 13.0 Å². The molecule has 0 saturated carbocycles. The van der Waals surface area contributed by atoms with Gasteiger partial charge in [0, 0.05) is 45.8 Å². The van der Waals surface area contributed by atoms with Crippen molar-refractivity contribution in [3.63, 3.8) is 0 Å². The van der Waals surface area contributed by atoms with Crippen LogP contribution >= 0.6 is 0 Å². The van der Waals surface area contributed by atoms with E-state index >= 15 is 0 Å². The van der Waals surface area contributed by atoms with Gasteiger partial charge in [0.15, 0.2) is 0 Å². The topological polar surface area (TPSA) is 27.7 Å². The minimum Gasteiger partial charge on any atom is -0.374 e. The van der Waals surface area contributed by atoms with Gasteiger partial charge in [-0.3, -0.25) is 9.80 Å². The standard InChI is InChI=1S/C11H23N3O/c1-2-13-7-8-15-11(9-13)10-14-5-3-12-4-6-14/h11-12H,2-10H2,1H3/t11-/m1/s1. The first-order valence-corrected chi connectivity index (χ1v) is 6.15. The zero-order chi connectivity index (χ0) is 10.5. The number of likely N-dealkylation sites (N-methyl/N-ethyl adjacent to an activating group) is 1. The maximum atomic E-state index is 5.81. The predicted molar refractivity (Wildman–Crippen MR) is 61.2 cm³/mol. The normalized spacial score (nSPS) is 30.6. The number of rotatable bonds is 3. The quantitative estimate of drug-likeness (QED) is 0.691. The van der Waals surface area contributed by atoms with Gasteiger partial charge in [0.2, 0.25) is 0 Å². The molecule has 2 heterocycles. The molecule has 0 bridgehead atoms. The van der Waals surface area contributed by atoms with E-state index in [0.717, 1.165) is 45.9 Å². The fourth-order valence-corrected chi connectivity index (χ4v) is 2.36. The molecule has 2 aliphatic heterocycles. The minimum absolute atomic E-state index is 0.428. The van der Waals surface area contributed by atoms with Crippen molar-refractivity contribution in [1.29, 1.82) is 0 Å². The zero-order valence-electron chi connectivity index (χ0n) is 9.74. The summed E-state index contributed by atoms with van der Waals surface area (Å²) in [5.41, 5.74) is 0. The summed E-state index contributed by atoms with van der Waals surface area (Å²) in [6.07, 6.45) is 0.428. The number of ether oxygens (including phenoxy) is 1. The first-order valence-electron chi connectivity index (χ1n) is 6.15. The van der Waals surface area contributed by atoms with Gasteiger partial charge in [-0.15, -0.1) is 0 Å². The molecule has 15 heavy (non-hydrogen) atoms. The molecule has 4 heteroatoms. The highest BCUT2D eigenvalue weighted by molar-refractivity contribution is 4.76. The van der Waals surface area contributed by atoms with E-state index < -0.39 is 0 Å². The molecule has 2 rings (SSSR count). The first-order chi connectivity index (χ1) is 7.38. The van der Waals surface area contributed by atoms with E-state index in [1.165, 1.54) is 13.1 Å². The Morgan fingerprint density at radius 2 is 2.00 bits per heavy atom. The fraction of sp³-hybridized carbons (Fsp3) is 1.00. The van der Waals surface area contributed by atoms with Crippen molar-refractivity contribution in [3.8, 4) is 0 Å². The van der Waals surface area contributed by atoms with Gasteiger partial charge in [-0.05, 0) is 6.54 Å². The van der Waals surface area contributed by atoms with E-state index in [1.807, 2.05) is 0 Å². The molecule has 0 aliphatic carbocycles. The molecular formula is C11H23N3O. The van der Waals surface area contributed by atoms with Gasteiger partial charge in [-0.2, -0.15) is 0 Å². The second kappa shape index (κ2) is 5.80. The SMILES string of the molecule is CCN1CCO[C@@H](CN2CCNCC2)C1. The average molecular weight is 213 g/mol. The number of hydrogen-bond acceptors (Lipinski definition) is 4. The maximum Gasteiger partial charge on any atom is 0.0829 e. The average Bonchev–Trinajstić information content (AvgIpc) is 2.31. The smallest absolute Gasteiger partial charge is 0.0829 e. The summed E-state index contributed by atoms with van der Waals surface area (Å²) in [4.78, 5) is 5.00. The minimum atomic E-state index is 0.428.